The number of unbranched alkanes of at least 4 members (excludes halogenated alkanes) is 1. The fourth-order valence-electron chi connectivity index (χ4n) is 13.7. The van der Waals surface area contributed by atoms with Gasteiger partial charge >= 0.3 is 11.9 Å². The number of benzene rings is 4. The van der Waals surface area contributed by atoms with Gasteiger partial charge in [-0.25, -0.2) is 9.78 Å². The predicted octanol–water partition coefficient (Wildman–Crippen LogP) is -1.26. The maximum absolute atomic E-state index is 14.9. The summed E-state index contributed by atoms with van der Waals surface area (Å²) in [6, 6.07) is 10.9. The first-order valence-corrected chi connectivity index (χ1v) is 40.6. The summed E-state index contributed by atoms with van der Waals surface area (Å²) in [4.78, 5) is 210. The Morgan fingerprint density at radius 2 is 1.03 bits per heavy atom. The van der Waals surface area contributed by atoms with Crippen LogP contribution in [0.5, 0.6) is 5.75 Å². The van der Waals surface area contributed by atoms with Crippen LogP contribution in [0.25, 0.3) is 21.8 Å². The Bertz CT molecular complexity index is 4620. The second kappa shape index (κ2) is 46.0. The number of aliphatic hydroxyl groups excluding tert-OH is 2. The quantitative estimate of drug-likeness (QED) is 0.0198. The van der Waals surface area contributed by atoms with E-state index in [-0.39, 0.29) is 95.4 Å². The number of hydrogen-bond donors (Lipinski definition) is 21. The van der Waals surface area contributed by atoms with Crippen LogP contribution in [0.15, 0.2) is 128 Å². The van der Waals surface area contributed by atoms with Crippen LogP contribution in [0.1, 0.15) is 99.6 Å². The van der Waals surface area contributed by atoms with Crippen LogP contribution >= 0.6 is 11.8 Å². The number of hydrogen-bond acceptors (Lipinski definition) is 21. The van der Waals surface area contributed by atoms with Crippen LogP contribution in [0.2, 0.25) is 0 Å². The molecule has 119 heavy (non-hydrogen) atoms. The number of aliphatic hydroxyl groups is 2. The van der Waals surface area contributed by atoms with Crippen LogP contribution in [0, 0.1) is 5.92 Å². The van der Waals surface area contributed by atoms with Gasteiger partial charge in [-0.1, -0.05) is 92.7 Å². The van der Waals surface area contributed by atoms with Gasteiger partial charge in [0.15, 0.2) is 0 Å². The molecule has 0 saturated carbocycles. The van der Waals surface area contributed by atoms with E-state index in [4.69, 9.17) is 11.5 Å². The Hall–Kier alpha value is -12.3. The number of fused-ring (bicyclic) bond motifs is 2. The summed E-state index contributed by atoms with van der Waals surface area (Å²) >= 11 is 1.34. The van der Waals surface area contributed by atoms with E-state index in [1.807, 2.05) is 36.4 Å². The van der Waals surface area contributed by atoms with Crippen molar-refractivity contribution >= 4 is 116 Å². The second-order valence-electron chi connectivity index (χ2n) is 29.5. The van der Waals surface area contributed by atoms with Gasteiger partial charge in [0, 0.05) is 84.7 Å². The van der Waals surface area contributed by atoms with Crippen molar-refractivity contribution in [2.45, 2.75) is 176 Å². The maximum atomic E-state index is 14.9. The molecule has 8 rings (SSSR count). The number of aromatic amines is 3. The standard InChI is InChI=1S/C81H106N18O19S/c1-45(2)32-60(93-75(111)62(36-49-39-86-56-19-10-8-17-53(49)56)95-76(112)63(37-50-40-84-44-88-50)92-70(106)54(83)35-48-38-85-55-18-9-7-16-52(48)55)73(109)97-66(43-101)78(114)94-61(33-46-14-5-4-6-15-46)74(110)98-65(42-100)77(113)90-57(20-11-12-29-82)71(107)87-41-68(103)89-59(26-27-69(104)105)80(116)99-30-13-21-67(99)79(115)91-58(28-31-119-3)72(108)96-64(81(117)118)34-47-22-24-51(102)25-23-47/h4-10,14-19,22-25,38-40,44-45,54,57-67,85-86,100-102H,11-13,20-21,26-37,41-43,82-83H2,1-3H3,(H,84,88)(H,87,107)(H,89,103)(H,90,113)(H,91,115)(H,92,106)(H,93,111)(H,94,114)(H,95,112)(H,96,108)(H,97,109)(H,98,110)(H,104,105)(H,117,118). The molecule has 12 amide bonds. The molecular weight excluding hydrogens is 1560 g/mol. The number of nitrogens with two attached hydrogens (primary N) is 2. The summed E-state index contributed by atoms with van der Waals surface area (Å²) < 4.78 is 0. The lowest BCUT2D eigenvalue weighted by Gasteiger charge is -2.30. The summed E-state index contributed by atoms with van der Waals surface area (Å²) in [7, 11) is 0. The van der Waals surface area contributed by atoms with Crippen LogP contribution in [0.4, 0.5) is 0 Å². The van der Waals surface area contributed by atoms with E-state index in [2.05, 4.69) is 78.4 Å². The number of nitrogens with zero attached hydrogens (tertiary/aromatic N) is 2. The third-order valence-electron chi connectivity index (χ3n) is 20.0. The number of amides is 12. The van der Waals surface area contributed by atoms with Crippen molar-refractivity contribution in [1.29, 1.82) is 0 Å². The highest BCUT2D eigenvalue weighted by Gasteiger charge is 2.41. The number of rotatable bonds is 48. The average molecular weight is 1670 g/mol. The Balaban J connectivity index is 0.913. The molecule has 23 N–H and O–H groups in total. The number of phenolic OH excluding ortho intramolecular Hbond substituents is 1. The number of likely N-dealkylation sites (tertiary alicyclic amines) is 1. The van der Waals surface area contributed by atoms with Gasteiger partial charge in [0.25, 0.3) is 0 Å². The topological polar surface area (TPSA) is 588 Å². The van der Waals surface area contributed by atoms with Crippen LogP contribution in [-0.2, 0) is 99.2 Å². The number of carbonyl (C=O) groups excluding carboxylic acids is 12. The van der Waals surface area contributed by atoms with E-state index in [0.29, 0.717) is 45.5 Å². The molecule has 0 bridgehead atoms. The van der Waals surface area contributed by atoms with E-state index in [1.54, 1.807) is 75.0 Å². The van der Waals surface area contributed by atoms with Gasteiger partial charge in [0.2, 0.25) is 70.9 Å². The van der Waals surface area contributed by atoms with E-state index in [9.17, 15) is 92.7 Å². The highest BCUT2D eigenvalue weighted by atomic mass is 32.2. The van der Waals surface area contributed by atoms with Gasteiger partial charge in [-0.3, -0.25) is 62.3 Å². The zero-order valence-electron chi connectivity index (χ0n) is 66.2. The Morgan fingerprint density at radius 1 is 0.529 bits per heavy atom. The number of H-pyrrole nitrogens is 3. The molecule has 38 heteroatoms. The SMILES string of the molecule is CSCCC(NC(=O)C1CCCN1C(=O)C(CCC(=O)O)NC(=O)CNC(=O)C(CCCCN)NC(=O)C(CO)NC(=O)C(Cc1ccccc1)NC(=O)C(CO)NC(=O)C(CC(C)C)NC(=O)C(Cc1c[nH]c2ccccc12)NC(=O)C(Cc1cnc[nH]1)NC(=O)C(N)Cc1c[nH]c2ccccc12)C(=O)NC(Cc1ccc(O)cc1)C(=O)O. The molecule has 4 heterocycles. The highest BCUT2D eigenvalue weighted by Crippen LogP contribution is 2.24. The van der Waals surface area contributed by atoms with Crippen molar-refractivity contribution < 1.29 is 92.7 Å². The summed E-state index contributed by atoms with van der Waals surface area (Å²) in [6.45, 7) is 0.610. The lowest BCUT2D eigenvalue weighted by atomic mass is 10.00. The molecule has 1 fully saturated rings. The monoisotopic (exact) mass is 1670 g/mol. The number of aromatic hydroxyl groups is 1. The van der Waals surface area contributed by atoms with Crippen molar-refractivity contribution in [3.63, 3.8) is 0 Å². The molecule has 0 radical (unpaired) electrons. The number of para-hydroxylation sites is 2. The average Bonchev–Trinajstić information content (AvgIpc) is 1.76. The molecule has 12 atom stereocenters. The van der Waals surface area contributed by atoms with Gasteiger partial charge in [-0.05, 0) is 129 Å². The Labute approximate surface area is 689 Å². The zero-order chi connectivity index (χ0) is 86.2. The van der Waals surface area contributed by atoms with Crippen LogP contribution < -0.4 is 70.0 Å². The maximum Gasteiger partial charge on any atom is 0.326 e. The lowest BCUT2D eigenvalue weighted by molar-refractivity contribution is -0.144. The number of nitrogens with one attached hydrogen (secondary N) is 14. The molecule has 4 aromatic carbocycles. The zero-order valence-corrected chi connectivity index (χ0v) is 67.0. The predicted molar refractivity (Wildman–Crippen MR) is 437 cm³/mol. The van der Waals surface area contributed by atoms with Gasteiger partial charge < -0.3 is 115 Å². The van der Waals surface area contributed by atoms with Gasteiger partial charge in [0.05, 0.1) is 32.1 Å². The van der Waals surface area contributed by atoms with Crippen molar-refractivity contribution in [1.82, 2.24) is 83.3 Å². The van der Waals surface area contributed by atoms with Crippen LogP contribution in [0.3, 0.4) is 0 Å². The molecule has 1 aliphatic rings. The van der Waals surface area contributed by atoms with E-state index in [1.165, 1.54) is 48.6 Å². The Kier molecular flexibility index (Phi) is 35.7. The van der Waals surface area contributed by atoms with Gasteiger partial charge in [-0.2, -0.15) is 11.8 Å². The summed E-state index contributed by atoms with van der Waals surface area (Å²) in [6.07, 6.45) is 7.05. The molecular formula is C81H106N18O19S. The summed E-state index contributed by atoms with van der Waals surface area (Å²) in [5, 5.41) is 80.6. The first-order chi connectivity index (χ1) is 57.1. The first-order valence-electron chi connectivity index (χ1n) is 39.2. The fourth-order valence-corrected chi connectivity index (χ4v) is 14.2. The minimum Gasteiger partial charge on any atom is -0.508 e. The van der Waals surface area contributed by atoms with Crippen molar-refractivity contribution in [2.75, 3.05) is 44.9 Å². The van der Waals surface area contributed by atoms with Crippen molar-refractivity contribution in [3.8, 4) is 5.75 Å². The molecule has 1 saturated heterocycles. The van der Waals surface area contributed by atoms with Crippen molar-refractivity contribution in [2.24, 2.45) is 17.4 Å². The molecule has 1 aliphatic heterocycles. The first kappa shape index (κ1) is 92.3. The molecule has 7 aromatic rings. The number of thioether (sulfide) groups is 1. The highest BCUT2D eigenvalue weighted by molar-refractivity contribution is 7.98. The van der Waals surface area contributed by atoms with Crippen molar-refractivity contribution in [3.05, 3.63) is 156 Å². The molecule has 3 aromatic heterocycles. The van der Waals surface area contributed by atoms with E-state index in [0.717, 1.165) is 21.4 Å². The number of imidazole rings is 1. The molecule has 0 spiro atoms. The van der Waals surface area contributed by atoms with Crippen LogP contribution in [-0.4, -0.2) is 251 Å². The van der Waals surface area contributed by atoms with E-state index >= 15 is 0 Å². The Morgan fingerprint density at radius 3 is 1.61 bits per heavy atom. The lowest BCUT2D eigenvalue weighted by Crippen LogP contribution is -2.61. The third-order valence-corrected chi connectivity index (χ3v) is 20.7. The van der Waals surface area contributed by atoms with Gasteiger partial charge in [-0.15, -0.1) is 0 Å². The second-order valence-corrected chi connectivity index (χ2v) is 30.5. The smallest absolute Gasteiger partial charge is 0.326 e. The molecule has 0 aliphatic carbocycles. The number of aliphatic carboxylic acids is 2. The summed E-state index contributed by atoms with van der Waals surface area (Å²) in [5.41, 5.74) is 16.6. The minimum absolute atomic E-state index is 0.0331. The normalized spacial score (nSPS) is 15.4. The largest absolute Gasteiger partial charge is 0.508 e. The number of carboxylic acids is 2. The number of carbonyl (C=O) groups is 14. The van der Waals surface area contributed by atoms with E-state index < -0.39 is 188 Å². The third kappa shape index (κ3) is 28.0. The number of carboxylic acid groups (broad SMARTS) is 2. The molecule has 12 unspecified atom stereocenters. The fraction of sp³-hybridized carbons (Fsp3) is 0.444. The molecule has 37 nitrogen and oxygen atoms in total. The number of phenols is 1. The van der Waals surface area contributed by atoms with Gasteiger partial charge in [0.1, 0.15) is 72.2 Å². The summed E-state index contributed by atoms with van der Waals surface area (Å²) in [5.74, 6) is -13.8. The molecule has 640 valence electrons. The minimum atomic E-state index is -1.84. The number of aromatic nitrogens is 4.